The average molecular weight is 421 g/mol. The normalized spacial score (nSPS) is 11.1. The van der Waals surface area contributed by atoms with Crippen LogP contribution >= 0.6 is 0 Å². The van der Waals surface area contributed by atoms with Crippen molar-refractivity contribution < 1.29 is 37.0 Å². The predicted octanol–water partition coefficient (Wildman–Crippen LogP) is 1.73. The Morgan fingerprint density at radius 3 is 1.86 bits per heavy atom. The third-order valence-electron chi connectivity index (χ3n) is 3.88. The summed E-state index contributed by atoms with van der Waals surface area (Å²) >= 11 is 0. The minimum atomic E-state index is -3.64. The molecule has 0 spiro atoms. The molecule has 0 unspecified atom stereocenters. The lowest BCUT2D eigenvalue weighted by Crippen LogP contribution is -2.22. The Kier molecular flexibility index (Phi) is 6.72. The Morgan fingerprint density at radius 1 is 0.793 bits per heavy atom. The Hall–Kier alpha value is -3.24. The molecule has 0 aliphatic heterocycles. The first-order chi connectivity index (χ1) is 13.6. The van der Waals surface area contributed by atoms with Crippen LogP contribution in [-0.4, -0.2) is 58.9 Å². The molecule has 0 amide bonds. The van der Waals surface area contributed by atoms with Crippen LogP contribution in [0.4, 0.5) is 0 Å². The molecule has 9 nitrogen and oxygen atoms in total. The highest BCUT2D eigenvalue weighted by Crippen LogP contribution is 2.23. The van der Waals surface area contributed by atoms with Crippen LogP contribution in [0.2, 0.25) is 0 Å². The van der Waals surface area contributed by atoms with Crippen LogP contribution in [0.1, 0.15) is 31.1 Å². The van der Waals surface area contributed by atoms with E-state index in [4.69, 9.17) is 4.74 Å². The SMILES string of the molecule is COC(=O)c1ccc(OC(=O)c2ccc(S(=O)(=O)N(C)C)cc2)c(C(=O)OC)c1. The summed E-state index contributed by atoms with van der Waals surface area (Å²) in [7, 11) is 1.48. The Bertz CT molecular complexity index is 1040. The van der Waals surface area contributed by atoms with Gasteiger partial charge in [-0.15, -0.1) is 0 Å². The minimum Gasteiger partial charge on any atom is -0.465 e. The molecular formula is C19H19NO8S. The van der Waals surface area contributed by atoms with Gasteiger partial charge in [0.1, 0.15) is 11.3 Å². The fourth-order valence-corrected chi connectivity index (χ4v) is 3.17. The minimum absolute atomic E-state index is 0.0109. The number of esters is 3. The molecule has 0 radical (unpaired) electrons. The van der Waals surface area contributed by atoms with Crippen molar-refractivity contribution >= 4 is 27.9 Å². The van der Waals surface area contributed by atoms with Crippen molar-refractivity contribution in [1.82, 2.24) is 4.31 Å². The molecule has 0 fully saturated rings. The van der Waals surface area contributed by atoms with Gasteiger partial charge in [0, 0.05) is 14.1 Å². The van der Waals surface area contributed by atoms with E-state index in [-0.39, 0.29) is 27.3 Å². The van der Waals surface area contributed by atoms with E-state index >= 15 is 0 Å². The first-order valence-electron chi connectivity index (χ1n) is 8.17. The van der Waals surface area contributed by atoms with Gasteiger partial charge < -0.3 is 14.2 Å². The standard InChI is InChI=1S/C19H19NO8S/c1-20(2)29(24,25)14-8-5-12(6-9-14)18(22)28-16-10-7-13(17(21)26-3)11-15(16)19(23)27-4/h5-11H,1-4H3. The maximum absolute atomic E-state index is 12.4. The van der Waals surface area contributed by atoms with Crippen molar-refractivity contribution in [2.24, 2.45) is 0 Å². The maximum Gasteiger partial charge on any atom is 0.343 e. The number of sulfonamides is 1. The molecule has 0 heterocycles. The fraction of sp³-hybridized carbons (Fsp3) is 0.211. The maximum atomic E-state index is 12.4. The third kappa shape index (κ3) is 4.79. The summed E-state index contributed by atoms with van der Waals surface area (Å²) in [6.07, 6.45) is 0. The van der Waals surface area contributed by atoms with Crippen molar-refractivity contribution in [2.75, 3.05) is 28.3 Å². The van der Waals surface area contributed by atoms with Crippen LogP contribution in [0.15, 0.2) is 47.4 Å². The fourth-order valence-electron chi connectivity index (χ4n) is 2.27. The van der Waals surface area contributed by atoms with Crippen molar-refractivity contribution in [3.8, 4) is 5.75 Å². The van der Waals surface area contributed by atoms with Crippen LogP contribution in [0, 0.1) is 0 Å². The van der Waals surface area contributed by atoms with E-state index in [1.165, 1.54) is 63.7 Å². The van der Waals surface area contributed by atoms with Gasteiger partial charge >= 0.3 is 17.9 Å². The zero-order chi connectivity index (χ0) is 21.8. The Morgan fingerprint density at radius 2 is 1.34 bits per heavy atom. The molecule has 0 bridgehead atoms. The van der Waals surface area contributed by atoms with E-state index in [9.17, 15) is 22.8 Å². The number of methoxy groups -OCH3 is 2. The molecule has 2 aromatic carbocycles. The number of benzene rings is 2. The first-order valence-corrected chi connectivity index (χ1v) is 9.61. The van der Waals surface area contributed by atoms with Crippen LogP contribution in [0.5, 0.6) is 5.75 Å². The molecule has 0 N–H and O–H groups in total. The van der Waals surface area contributed by atoms with Crippen LogP contribution < -0.4 is 4.74 Å². The summed E-state index contributed by atoms with van der Waals surface area (Å²) in [6, 6.07) is 8.90. The van der Waals surface area contributed by atoms with Crippen molar-refractivity contribution in [1.29, 1.82) is 0 Å². The highest BCUT2D eigenvalue weighted by atomic mass is 32.2. The molecule has 0 saturated carbocycles. The van der Waals surface area contributed by atoms with Gasteiger partial charge in [-0.2, -0.15) is 0 Å². The van der Waals surface area contributed by atoms with Gasteiger partial charge in [-0.25, -0.2) is 27.1 Å². The van der Waals surface area contributed by atoms with Crippen LogP contribution in [0.3, 0.4) is 0 Å². The van der Waals surface area contributed by atoms with Gasteiger partial charge in [0.15, 0.2) is 0 Å². The summed E-state index contributed by atoms with van der Waals surface area (Å²) in [5, 5.41) is 0. The topological polar surface area (TPSA) is 116 Å². The van der Waals surface area contributed by atoms with E-state index in [0.29, 0.717) is 0 Å². The lowest BCUT2D eigenvalue weighted by atomic mass is 10.1. The number of carbonyl (C=O) groups is 3. The van der Waals surface area contributed by atoms with E-state index in [1.54, 1.807) is 0 Å². The second-order valence-corrected chi connectivity index (χ2v) is 8.05. The van der Waals surface area contributed by atoms with E-state index < -0.39 is 27.9 Å². The summed E-state index contributed by atoms with van der Waals surface area (Å²) < 4.78 is 39.7. The molecule has 0 atom stereocenters. The van der Waals surface area contributed by atoms with E-state index in [1.807, 2.05) is 0 Å². The van der Waals surface area contributed by atoms with Crippen molar-refractivity contribution in [3.63, 3.8) is 0 Å². The number of hydrogen-bond acceptors (Lipinski definition) is 8. The number of ether oxygens (including phenoxy) is 3. The number of hydrogen-bond donors (Lipinski definition) is 0. The predicted molar refractivity (Wildman–Crippen MR) is 101 cm³/mol. The van der Waals surface area contributed by atoms with E-state index in [0.717, 1.165) is 11.4 Å². The van der Waals surface area contributed by atoms with Gasteiger partial charge in [0.2, 0.25) is 10.0 Å². The first kappa shape index (κ1) is 22.1. The summed E-state index contributed by atoms with van der Waals surface area (Å²) in [5.74, 6) is -2.44. The molecule has 10 heteroatoms. The highest BCUT2D eigenvalue weighted by Gasteiger charge is 2.21. The largest absolute Gasteiger partial charge is 0.465 e. The van der Waals surface area contributed by atoms with Gasteiger partial charge in [-0.05, 0) is 42.5 Å². The van der Waals surface area contributed by atoms with Gasteiger partial charge in [-0.3, -0.25) is 0 Å². The summed E-state index contributed by atoms with van der Waals surface area (Å²) in [5.41, 5.74) is -0.00272. The van der Waals surface area contributed by atoms with E-state index in [2.05, 4.69) is 9.47 Å². The zero-order valence-electron chi connectivity index (χ0n) is 16.2. The smallest absolute Gasteiger partial charge is 0.343 e. The third-order valence-corrected chi connectivity index (χ3v) is 5.71. The number of nitrogens with zero attached hydrogens (tertiary/aromatic N) is 1. The summed E-state index contributed by atoms with van der Waals surface area (Å²) in [6.45, 7) is 0. The number of rotatable bonds is 6. The Labute approximate surface area is 167 Å². The molecule has 0 aromatic heterocycles. The monoisotopic (exact) mass is 421 g/mol. The molecule has 0 aliphatic rings. The molecular weight excluding hydrogens is 402 g/mol. The van der Waals surface area contributed by atoms with Gasteiger partial charge in [0.05, 0.1) is 30.2 Å². The van der Waals surface area contributed by atoms with Gasteiger partial charge in [-0.1, -0.05) is 0 Å². The van der Waals surface area contributed by atoms with Crippen LogP contribution in [-0.2, 0) is 19.5 Å². The lowest BCUT2D eigenvalue weighted by Gasteiger charge is -2.12. The zero-order valence-corrected chi connectivity index (χ0v) is 17.0. The number of carbonyl (C=O) groups excluding carboxylic acids is 3. The second kappa shape index (κ2) is 8.84. The molecule has 154 valence electrons. The van der Waals surface area contributed by atoms with Crippen molar-refractivity contribution in [2.45, 2.75) is 4.90 Å². The lowest BCUT2D eigenvalue weighted by molar-refractivity contribution is 0.0593. The Balaban J connectivity index is 2.32. The quantitative estimate of drug-likeness (QED) is 0.511. The second-order valence-electron chi connectivity index (χ2n) is 5.90. The van der Waals surface area contributed by atoms with Crippen molar-refractivity contribution in [3.05, 3.63) is 59.2 Å². The molecule has 2 rings (SSSR count). The van der Waals surface area contributed by atoms with Crippen LogP contribution in [0.25, 0.3) is 0 Å². The molecule has 0 aliphatic carbocycles. The highest BCUT2D eigenvalue weighted by molar-refractivity contribution is 7.89. The molecule has 0 saturated heterocycles. The van der Waals surface area contributed by atoms with Gasteiger partial charge in [0.25, 0.3) is 0 Å². The average Bonchev–Trinajstić information content (AvgIpc) is 2.72. The summed E-state index contributed by atoms with van der Waals surface area (Å²) in [4.78, 5) is 36.1. The molecule has 2 aromatic rings. The molecule has 29 heavy (non-hydrogen) atoms.